The smallest absolute Gasteiger partial charge is 0.325 e. The molecule has 1 unspecified atom stereocenters. The van der Waals surface area contributed by atoms with Crippen molar-refractivity contribution in [2.24, 2.45) is 5.73 Å². The van der Waals surface area contributed by atoms with Gasteiger partial charge in [-0.15, -0.1) is 9.94 Å². The molecule has 1 rings (SSSR count). The van der Waals surface area contributed by atoms with Crippen molar-refractivity contribution in [1.29, 1.82) is 0 Å². The second-order valence-corrected chi connectivity index (χ2v) is 2.39. The number of rotatable bonds is 2. The first-order chi connectivity index (χ1) is 5.54. The Labute approximate surface area is 68.2 Å². The highest BCUT2D eigenvalue weighted by Crippen LogP contribution is 2.13. The number of nitrogens with zero attached hydrogens (tertiary/aromatic N) is 2. The van der Waals surface area contributed by atoms with Crippen LogP contribution in [0.4, 0.5) is 0 Å². The summed E-state index contributed by atoms with van der Waals surface area (Å²) in [6.45, 7) is 1.53. The van der Waals surface area contributed by atoms with Gasteiger partial charge in [-0.1, -0.05) is 0 Å². The van der Waals surface area contributed by atoms with Gasteiger partial charge in [0.05, 0.1) is 11.9 Å². The highest BCUT2D eigenvalue weighted by Gasteiger charge is 2.19. The van der Waals surface area contributed by atoms with Gasteiger partial charge >= 0.3 is 5.97 Å². The molecule has 1 aromatic rings. The van der Waals surface area contributed by atoms with E-state index in [4.69, 9.17) is 16.0 Å². The predicted molar refractivity (Wildman–Crippen MR) is 38.7 cm³/mol. The Hall–Kier alpha value is -1.56. The van der Waals surface area contributed by atoms with E-state index in [9.17, 15) is 4.79 Å². The number of aliphatic carboxylic acids is 1. The van der Waals surface area contributed by atoms with E-state index in [-0.39, 0.29) is 0 Å². The number of nitrogens with two attached hydrogens (primary N) is 1. The van der Waals surface area contributed by atoms with Crippen LogP contribution in [0.1, 0.15) is 17.3 Å². The van der Waals surface area contributed by atoms with Gasteiger partial charge in [-0.05, 0) is 6.92 Å². The van der Waals surface area contributed by atoms with E-state index in [1.807, 2.05) is 0 Å². The van der Waals surface area contributed by atoms with Crippen molar-refractivity contribution in [2.45, 2.75) is 13.0 Å². The number of hydrogen-bond donors (Lipinski definition) is 3. The van der Waals surface area contributed by atoms with Crippen molar-refractivity contribution in [2.75, 3.05) is 0 Å². The fraction of sp³-hybridized carbons (Fsp3) is 0.333. The molecule has 1 heterocycles. The van der Waals surface area contributed by atoms with Crippen LogP contribution in [0.5, 0.6) is 0 Å². The third-order valence-corrected chi connectivity index (χ3v) is 1.63. The first kappa shape index (κ1) is 8.54. The lowest BCUT2D eigenvalue weighted by atomic mass is 10.1. The Bertz CT molecular complexity index is 307. The van der Waals surface area contributed by atoms with Gasteiger partial charge in [0.15, 0.2) is 0 Å². The van der Waals surface area contributed by atoms with Crippen LogP contribution in [0, 0.1) is 6.92 Å². The standard InChI is InChI=1S/C6H9N3O3/c1-3-4(2-8-9(3)12)5(7)6(10)11/h2,5,12H,7H2,1H3,(H,10,11). The lowest BCUT2D eigenvalue weighted by Gasteiger charge is -2.03. The van der Waals surface area contributed by atoms with Crippen LogP contribution in [0.15, 0.2) is 6.20 Å². The minimum Gasteiger partial charge on any atom is -0.480 e. The molecular formula is C6H9N3O3. The van der Waals surface area contributed by atoms with Gasteiger partial charge in [-0.2, -0.15) is 0 Å². The molecule has 0 aromatic carbocycles. The molecule has 6 heteroatoms. The molecule has 0 fully saturated rings. The maximum absolute atomic E-state index is 10.4. The molecule has 0 aliphatic heterocycles. The maximum Gasteiger partial charge on any atom is 0.325 e. The van der Waals surface area contributed by atoms with E-state index in [0.717, 1.165) is 0 Å². The highest BCUT2D eigenvalue weighted by atomic mass is 16.5. The molecule has 0 aliphatic rings. The number of aromatic nitrogens is 2. The summed E-state index contributed by atoms with van der Waals surface area (Å²) in [5, 5.41) is 20.9. The molecule has 66 valence electrons. The van der Waals surface area contributed by atoms with Gasteiger partial charge < -0.3 is 16.0 Å². The third kappa shape index (κ3) is 1.24. The third-order valence-electron chi connectivity index (χ3n) is 1.63. The van der Waals surface area contributed by atoms with E-state index in [0.29, 0.717) is 16.1 Å². The van der Waals surface area contributed by atoms with Crippen LogP contribution in [0.3, 0.4) is 0 Å². The van der Waals surface area contributed by atoms with Crippen LogP contribution in [0.25, 0.3) is 0 Å². The molecule has 1 aromatic heterocycles. The Morgan fingerprint density at radius 2 is 2.42 bits per heavy atom. The number of carbonyl (C=O) groups is 1. The van der Waals surface area contributed by atoms with Crippen molar-refractivity contribution in [3.8, 4) is 0 Å². The summed E-state index contributed by atoms with van der Waals surface area (Å²) >= 11 is 0. The maximum atomic E-state index is 10.4. The van der Waals surface area contributed by atoms with Crippen LogP contribution in [-0.4, -0.2) is 26.2 Å². The molecule has 12 heavy (non-hydrogen) atoms. The van der Waals surface area contributed by atoms with Crippen LogP contribution in [0.2, 0.25) is 0 Å². The quantitative estimate of drug-likeness (QED) is 0.521. The second-order valence-electron chi connectivity index (χ2n) is 2.39. The summed E-state index contributed by atoms with van der Waals surface area (Å²) in [5.74, 6) is -1.15. The Morgan fingerprint density at radius 1 is 1.83 bits per heavy atom. The van der Waals surface area contributed by atoms with Crippen LogP contribution >= 0.6 is 0 Å². The Balaban J connectivity index is 3.03. The van der Waals surface area contributed by atoms with Gasteiger partial charge in [-0.3, -0.25) is 4.79 Å². The van der Waals surface area contributed by atoms with Crippen LogP contribution in [-0.2, 0) is 4.79 Å². The van der Waals surface area contributed by atoms with Crippen molar-refractivity contribution in [3.05, 3.63) is 17.5 Å². The normalized spacial score (nSPS) is 12.8. The van der Waals surface area contributed by atoms with Crippen molar-refractivity contribution in [1.82, 2.24) is 9.94 Å². The summed E-state index contributed by atoms with van der Waals surface area (Å²) in [4.78, 5) is 11.0. The molecule has 4 N–H and O–H groups in total. The average molecular weight is 171 g/mol. The van der Waals surface area contributed by atoms with Crippen molar-refractivity contribution < 1.29 is 15.1 Å². The zero-order chi connectivity index (χ0) is 9.30. The number of hydrogen-bond acceptors (Lipinski definition) is 4. The average Bonchev–Trinajstić information content (AvgIpc) is 2.32. The van der Waals surface area contributed by atoms with Gasteiger partial charge in [0.1, 0.15) is 6.04 Å². The fourth-order valence-electron chi connectivity index (χ4n) is 0.851. The lowest BCUT2D eigenvalue weighted by molar-refractivity contribution is -0.138. The van der Waals surface area contributed by atoms with Gasteiger partial charge in [-0.25, -0.2) is 0 Å². The summed E-state index contributed by atoms with van der Waals surface area (Å²) in [6, 6.07) is -1.13. The van der Waals surface area contributed by atoms with Gasteiger partial charge in [0, 0.05) is 5.56 Å². The molecular weight excluding hydrogens is 162 g/mol. The highest BCUT2D eigenvalue weighted by molar-refractivity contribution is 5.75. The summed E-state index contributed by atoms with van der Waals surface area (Å²) in [5.41, 5.74) is 5.94. The van der Waals surface area contributed by atoms with Gasteiger partial charge in [0.25, 0.3) is 0 Å². The number of carboxylic acids is 1. The summed E-state index contributed by atoms with van der Waals surface area (Å²) in [7, 11) is 0. The number of carboxylic acid groups (broad SMARTS) is 1. The second kappa shape index (κ2) is 2.82. The molecule has 0 bridgehead atoms. The van der Waals surface area contributed by atoms with Crippen LogP contribution < -0.4 is 5.73 Å². The van der Waals surface area contributed by atoms with Crippen molar-refractivity contribution in [3.63, 3.8) is 0 Å². The SMILES string of the molecule is Cc1c(C(N)C(=O)O)cnn1O. The summed E-state index contributed by atoms with van der Waals surface area (Å²) < 4.78 is 0. The zero-order valence-electron chi connectivity index (χ0n) is 6.43. The van der Waals surface area contributed by atoms with E-state index < -0.39 is 12.0 Å². The zero-order valence-corrected chi connectivity index (χ0v) is 6.43. The van der Waals surface area contributed by atoms with E-state index in [1.54, 1.807) is 0 Å². The van der Waals surface area contributed by atoms with Crippen molar-refractivity contribution >= 4 is 5.97 Å². The summed E-state index contributed by atoms with van der Waals surface area (Å²) in [6.07, 6.45) is 1.23. The molecule has 0 radical (unpaired) electrons. The molecule has 0 spiro atoms. The predicted octanol–water partition coefficient (Wildman–Crippen LogP) is -0.487. The first-order valence-corrected chi connectivity index (χ1v) is 3.26. The van der Waals surface area contributed by atoms with Gasteiger partial charge in [0.2, 0.25) is 0 Å². The monoisotopic (exact) mass is 171 g/mol. The fourth-order valence-corrected chi connectivity index (χ4v) is 0.851. The molecule has 0 saturated heterocycles. The topological polar surface area (TPSA) is 101 Å². The van der Waals surface area contributed by atoms with E-state index in [2.05, 4.69) is 5.10 Å². The van der Waals surface area contributed by atoms with E-state index in [1.165, 1.54) is 13.1 Å². The lowest BCUT2D eigenvalue weighted by Crippen LogP contribution is -2.21. The largest absolute Gasteiger partial charge is 0.480 e. The van der Waals surface area contributed by atoms with E-state index >= 15 is 0 Å². The molecule has 1 atom stereocenters. The minimum absolute atomic E-state index is 0.310. The molecule has 6 nitrogen and oxygen atoms in total. The Kier molecular flexibility index (Phi) is 2.01. The first-order valence-electron chi connectivity index (χ1n) is 3.26. The molecule has 0 amide bonds. The minimum atomic E-state index is -1.15. The Morgan fingerprint density at radius 3 is 2.75 bits per heavy atom. The molecule has 0 saturated carbocycles. The molecule has 0 aliphatic carbocycles.